The highest BCUT2D eigenvalue weighted by atomic mass is 32.2. The number of unbranched alkanes of at least 4 members (excludes halogenated alkanes) is 4. The molecule has 1 rings (SSSR count). The third kappa shape index (κ3) is 9.81. The van der Waals surface area contributed by atoms with E-state index in [9.17, 15) is 0 Å². The summed E-state index contributed by atoms with van der Waals surface area (Å²) >= 11 is 13.1. The van der Waals surface area contributed by atoms with Gasteiger partial charge in [-0.25, -0.2) is 0 Å². The lowest BCUT2D eigenvalue weighted by Crippen LogP contribution is -2.05. The van der Waals surface area contributed by atoms with Crippen molar-refractivity contribution in [2.45, 2.75) is 63.2 Å². The highest BCUT2D eigenvalue weighted by molar-refractivity contribution is 8.21. The number of rotatable bonds is 16. The highest BCUT2D eigenvalue weighted by Gasteiger charge is 2.15. The predicted octanol–water partition coefficient (Wildman–Crippen LogP) is 7.48. The van der Waals surface area contributed by atoms with Crippen LogP contribution >= 0.6 is 48.0 Å². The molecular weight excluding hydrogens is 400 g/mol. The van der Waals surface area contributed by atoms with Gasteiger partial charge in [-0.2, -0.15) is 0 Å². The van der Waals surface area contributed by atoms with Crippen LogP contribution in [0, 0.1) is 0 Å². The van der Waals surface area contributed by atoms with E-state index in [1.807, 2.05) is 0 Å². The maximum Gasteiger partial charge on any atom is 0.133 e. The third-order valence-corrected chi connectivity index (χ3v) is 6.07. The van der Waals surface area contributed by atoms with Gasteiger partial charge in [-0.1, -0.05) is 112 Å². The van der Waals surface area contributed by atoms with Gasteiger partial charge >= 0.3 is 0 Å². The number of ether oxygens (including phenoxy) is 2. The van der Waals surface area contributed by atoms with Gasteiger partial charge in [0.15, 0.2) is 0 Å². The number of hydrogen-bond donors (Lipinski definition) is 0. The van der Waals surface area contributed by atoms with Crippen molar-refractivity contribution >= 4 is 57.4 Å². The number of hydrogen-bond acceptors (Lipinski definition) is 6. The molecule has 0 bridgehead atoms. The lowest BCUT2D eigenvalue weighted by atomic mass is 10.1. The number of thioether (sulfide) groups is 2. The van der Waals surface area contributed by atoms with Crippen LogP contribution in [0.5, 0.6) is 0 Å². The molecular formula is C20H30O2S4. The predicted molar refractivity (Wildman–Crippen MR) is 125 cm³/mol. The summed E-state index contributed by atoms with van der Waals surface area (Å²) in [7, 11) is 0. The zero-order chi connectivity index (χ0) is 19.0. The molecule has 0 N–H and O–H groups in total. The Kier molecular flexibility index (Phi) is 14.8. The zero-order valence-corrected chi connectivity index (χ0v) is 19.0. The van der Waals surface area contributed by atoms with Crippen LogP contribution in [0.1, 0.15) is 74.4 Å². The average Bonchev–Trinajstić information content (AvgIpc) is 2.67. The zero-order valence-electron chi connectivity index (χ0n) is 15.7. The van der Waals surface area contributed by atoms with Gasteiger partial charge in [0.05, 0.1) is 0 Å². The molecule has 146 valence electrons. The second kappa shape index (κ2) is 16.0. The molecule has 0 spiro atoms. The molecule has 1 aromatic rings. The van der Waals surface area contributed by atoms with Gasteiger partial charge in [-0.3, -0.25) is 0 Å². The van der Waals surface area contributed by atoms with E-state index in [2.05, 4.69) is 38.1 Å². The summed E-state index contributed by atoms with van der Waals surface area (Å²) in [6.45, 7) is 5.92. The molecule has 26 heavy (non-hydrogen) atoms. The summed E-state index contributed by atoms with van der Waals surface area (Å²) in [6, 6.07) is 8.44. The fraction of sp³-hybridized carbons (Fsp3) is 0.600. The van der Waals surface area contributed by atoms with Crippen LogP contribution in [0.25, 0.3) is 0 Å². The minimum absolute atomic E-state index is 0.0412. The minimum Gasteiger partial charge on any atom is -0.362 e. The van der Waals surface area contributed by atoms with E-state index in [0.29, 0.717) is 0 Å². The summed E-state index contributed by atoms with van der Waals surface area (Å²) in [5, 5.41) is 0. The molecule has 0 aromatic heterocycles. The van der Waals surface area contributed by atoms with Gasteiger partial charge in [0, 0.05) is 22.6 Å². The van der Waals surface area contributed by atoms with Crippen LogP contribution in [-0.4, -0.2) is 22.6 Å². The first-order valence-corrected chi connectivity index (χ1v) is 12.1. The SMILES string of the molecule is CCCCCOC(SC=S)c1ccc(C(OCCCCC)SC=S)cc1. The Labute approximate surface area is 178 Å². The van der Waals surface area contributed by atoms with Gasteiger partial charge < -0.3 is 9.47 Å². The Morgan fingerprint density at radius 3 is 1.46 bits per heavy atom. The molecule has 0 saturated carbocycles. The van der Waals surface area contributed by atoms with Gasteiger partial charge in [-0.05, 0) is 24.0 Å². The van der Waals surface area contributed by atoms with Crippen LogP contribution in [0.3, 0.4) is 0 Å². The molecule has 2 atom stereocenters. The first kappa shape index (κ1) is 24.1. The van der Waals surface area contributed by atoms with E-state index in [4.69, 9.17) is 33.9 Å². The Balaban J connectivity index is 2.68. The van der Waals surface area contributed by atoms with Gasteiger partial charge in [0.1, 0.15) is 10.9 Å². The molecule has 0 saturated heterocycles. The van der Waals surface area contributed by atoms with Crippen molar-refractivity contribution in [2.24, 2.45) is 0 Å². The van der Waals surface area contributed by atoms with Crippen molar-refractivity contribution in [1.29, 1.82) is 0 Å². The normalized spacial score (nSPS) is 13.3. The maximum atomic E-state index is 6.02. The monoisotopic (exact) mass is 430 g/mol. The van der Waals surface area contributed by atoms with Crippen LogP contribution < -0.4 is 0 Å². The van der Waals surface area contributed by atoms with Crippen LogP contribution in [0.4, 0.5) is 0 Å². The molecule has 0 aliphatic rings. The van der Waals surface area contributed by atoms with Crippen molar-refractivity contribution < 1.29 is 9.47 Å². The van der Waals surface area contributed by atoms with Crippen molar-refractivity contribution in [2.75, 3.05) is 13.2 Å². The van der Waals surface area contributed by atoms with E-state index < -0.39 is 0 Å². The van der Waals surface area contributed by atoms with Crippen molar-refractivity contribution in [3.8, 4) is 0 Å². The fourth-order valence-electron chi connectivity index (χ4n) is 2.42. The van der Waals surface area contributed by atoms with Gasteiger partial charge in [0.2, 0.25) is 0 Å². The molecule has 1 aromatic carbocycles. The van der Waals surface area contributed by atoms with Crippen LogP contribution in [0.15, 0.2) is 24.3 Å². The summed E-state index contributed by atoms with van der Waals surface area (Å²) < 4.78 is 15.4. The Morgan fingerprint density at radius 2 is 1.15 bits per heavy atom. The molecule has 0 heterocycles. The quantitative estimate of drug-likeness (QED) is 0.153. The van der Waals surface area contributed by atoms with E-state index in [0.717, 1.165) is 37.2 Å². The van der Waals surface area contributed by atoms with Crippen molar-refractivity contribution in [3.05, 3.63) is 35.4 Å². The van der Waals surface area contributed by atoms with Gasteiger partial charge in [0.25, 0.3) is 0 Å². The summed E-state index contributed by atoms with van der Waals surface area (Å²) in [5.74, 6) is 0. The summed E-state index contributed by atoms with van der Waals surface area (Å²) in [6.07, 6.45) is 6.95. The van der Waals surface area contributed by atoms with E-state index in [1.54, 1.807) is 9.40 Å². The summed E-state index contributed by atoms with van der Waals surface area (Å²) in [4.78, 5) is 0. The molecule has 6 heteroatoms. The largest absolute Gasteiger partial charge is 0.362 e. The third-order valence-electron chi connectivity index (χ3n) is 3.87. The standard InChI is InChI=1S/C20H30O2S4/c1-3-5-7-13-21-19(25-15-23)17-9-11-18(12-10-17)20(26-16-24)22-14-8-6-4-2/h9-12,15-16,19-20H,3-8,13-14H2,1-2H3. The Hall–Kier alpha value is 0.0200. The fourth-order valence-corrected chi connectivity index (χ4v) is 4.21. The lowest BCUT2D eigenvalue weighted by Gasteiger charge is -2.19. The lowest BCUT2D eigenvalue weighted by molar-refractivity contribution is 0.108. The summed E-state index contributed by atoms with van der Waals surface area (Å²) in [5.41, 5.74) is 2.18. The second-order valence-electron chi connectivity index (χ2n) is 5.95. The second-order valence-corrected chi connectivity index (χ2v) is 8.89. The number of thiocarbonyl (C=S) groups is 2. The smallest absolute Gasteiger partial charge is 0.133 e. The molecule has 2 nitrogen and oxygen atoms in total. The number of benzene rings is 1. The minimum atomic E-state index is -0.0412. The molecule has 0 radical (unpaired) electrons. The van der Waals surface area contributed by atoms with Crippen LogP contribution in [-0.2, 0) is 9.47 Å². The topological polar surface area (TPSA) is 18.5 Å². The highest BCUT2D eigenvalue weighted by Crippen LogP contribution is 2.33. The molecule has 0 amide bonds. The average molecular weight is 431 g/mol. The van der Waals surface area contributed by atoms with Crippen molar-refractivity contribution in [1.82, 2.24) is 0 Å². The van der Waals surface area contributed by atoms with E-state index in [-0.39, 0.29) is 10.9 Å². The first-order chi connectivity index (χ1) is 12.8. The molecule has 0 fully saturated rings. The van der Waals surface area contributed by atoms with E-state index in [1.165, 1.54) is 49.2 Å². The molecule has 0 aliphatic carbocycles. The Morgan fingerprint density at radius 1 is 0.769 bits per heavy atom. The first-order valence-electron chi connectivity index (χ1n) is 9.28. The maximum absolute atomic E-state index is 6.02. The van der Waals surface area contributed by atoms with Crippen LogP contribution in [0.2, 0.25) is 0 Å². The van der Waals surface area contributed by atoms with Crippen molar-refractivity contribution in [3.63, 3.8) is 0 Å². The van der Waals surface area contributed by atoms with E-state index >= 15 is 0 Å². The Bertz CT molecular complexity index is 448. The molecule has 0 aliphatic heterocycles. The molecule has 2 unspecified atom stereocenters. The van der Waals surface area contributed by atoms with Gasteiger partial charge in [-0.15, -0.1) is 0 Å².